The van der Waals surface area contributed by atoms with Gasteiger partial charge in [0.15, 0.2) is 0 Å². The van der Waals surface area contributed by atoms with Crippen molar-refractivity contribution in [3.8, 4) is 0 Å². The minimum absolute atomic E-state index is 0.0920. The van der Waals surface area contributed by atoms with E-state index in [-0.39, 0.29) is 5.22 Å². The smallest absolute Gasteiger partial charge is 0.116 e. The van der Waals surface area contributed by atoms with Gasteiger partial charge in [-0.25, -0.2) is 0 Å². The normalized spacial score (nSPS) is 27.5. The van der Waals surface area contributed by atoms with Crippen molar-refractivity contribution in [2.24, 2.45) is 0 Å². The molecule has 1 atom stereocenters. The zero-order chi connectivity index (χ0) is 11.0. The van der Waals surface area contributed by atoms with Crippen LogP contribution in [0.1, 0.15) is 27.2 Å². The second-order valence-electron chi connectivity index (χ2n) is 5.66. The standard InChI is InChI=1S/C12H22OSi/c1-7-12(9-8-10-13-12)14(5,6)11(2,3)4/h7-8,10H,1,9H2,2-6H3. The average molecular weight is 210 g/mol. The molecule has 0 fully saturated rings. The molecule has 1 aliphatic heterocycles. The molecule has 0 bridgehead atoms. The Bertz CT molecular complexity index is 250. The lowest BCUT2D eigenvalue weighted by atomic mass is 10.2. The second-order valence-corrected chi connectivity index (χ2v) is 11.3. The summed E-state index contributed by atoms with van der Waals surface area (Å²) in [6.45, 7) is 15.7. The monoisotopic (exact) mass is 210 g/mol. The Morgan fingerprint density at radius 3 is 2.29 bits per heavy atom. The third-order valence-electron chi connectivity index (χ3n) is 4.06. The Balaban J connectivity index is 3.06. The van der Waals surface area contributed by atoms with Gasteiger partial charge in [0.1, 0.15) is 13.3 Å². The molecular weight excluding hydrogens is 188 g/mol. The van der Waals surface area contributed by atoms with Crippen LogP contribution in [0.15, 0.2) is 25.0 Å². The molecule has 1 heterocycles. The molecule has 2 heteroatoms. The highest BCUT2D eigenvalue weighted by Crippen LogP contribution is 2.48. The van der Waals surface area contributed by atoms with Crippen LogP contribution >= 0.6 is 0 Å². The van der Waals surface area contributed by atoms with E-state index in [4.69, 9.17) is 4.74 Å². The minimum Gasteiger partial charge on any atom is -0.495 e. The van der Waals surface area contributed by atoms with Crippen LogP contribution in [-0.2, 0) is 4.74 Å². The molecule has 1 unspecified atom stereocenters. The van der Waals surface area contributed by atoms with Gasteiger partial charge in [-0.05, 0) is 11.1 Å². The van der Waals surface area contributed by atoms with E-state index in [2.05, 4.69) is 46.5 Å². The van der Waals surface area contributed by atoms with Gasteiger partial charge >= 0.3 is 0 Å². The van der Waals surface area contributed by atoms with E-state index in [9.17, 15) is 0 Å². The van der Waals surface area contributed by atoms with Crippen molar-refractivity contribution >= 4 is 8.07 Å². The highest BCUT2D eigenvalue weighted by atomic mass is 28.3. The van der Waals surface area contributed by atoms with Crippen LogP contribution in [0.25, 0.3) is 0 Å². The zero-order valence-corrected chi connectivity index (χ0v) is 11.1. The lowest BCUT2D eigenvalue weighted by molar-refractivity contribution is 0.157. The molecule has 1 aliphatic rings. The van der Waals surface area contributed by atoms with Crippen molar-refractivity contribution in [2.75, 3.05) is 0 Å². The van der Waals surface area contributed by atoms with Gasteiger partial charge in [-0.3, -0.25) is 0 Å². The predicted octanol–water partition coefficient (Wildman–Crippen LogP) is 3.89. The van der Waals surface area contributed by atoms with Gasteiger partial charge in [-0.1, -0.05) is 46.5 Å². The van der Waals surface area contributed by atoms with Crippen molar-refractivity contribution in [3.05, 3.63) is 25.0 Å². The van der Waals surface area contributed by atoms with Crippen LogP contribution in [-0.4, -0.2) is 13.3 Å². The Labute approximate surface area is 88.9 Å². The Morgan fingerprint density at radius 1 is 1.43 bits per heavy atom. The molecule has 14 heavy (non-hydrogen) atoms. The lowest BCUT2D eigenvalue weighted by Crippen LogP contribution is -2.58. The lowest BCUT2D eigenvalue weighted by Gasteiger charge is -2.48. The van der Waals surface area contributed by atoms with Crippen molar-refractivity contribution in [2.45, 2.75) is 50.5 Å². The summed E-state index contributed by atoms with van der Waals surface area (Å²) < 4.78 is 5.84. The summed E-state index contributed by atoms with van der Waals surface area (Å²) in [7, 11) is -1.52. The van der Waals surface area contributed by atoms with Crippen molar-refractivity contribution in [1.82, 2.24) is 0 Å². The molecular formula is C12H22OSi. The fraction of sp³-hybridized carbons (Fsp3) is 0.667. The minimum atomic E-state index is -1.52. The van der Waals surface area contributed by atoms with E-state index in [0.717, 1.165) is 6.42 Å². The summed E-state index contributed by atoms with van der Waals surface area (Å²) in [6.07, 6.45) is 6.96. The fourth-order valence-electron chi connectivity index (χ4n) is 1.86. The molecule has 0 aromatic heterocycles. The van der Waals surface area contributed by atoms with Crippen molar-refractivity contribution < 1.29 is 4.74 Å². The maximum absolute atomic E-state index is 5.84. The van der Waals surface area contributed by atoms with Gasteiger partial charge in [0, 0.05) is 6.42 Å². The van der Waals surface area contributed by atoms with E-state index >= 15 is 0 Å². The van der Waals surface area contributed by atoms with E-state index in [1.807, 2.05) is 12.3 Å². The number of hydrogen-bond donors (Lipinski definition) is 0. The SMILES string of the molecule is C=CC1([Si](C)(C)C(C)(C)C)CC=CO1. The van der Waals surface area contributed by atoms with E-state index < -0.39 is 8.07 Å². The highest BCUT2D eigenvalue weighted by molar-refractivity contribution is 6.83. The third kappa shape index (κ3) is 1.46. The van der Waals surface area contributed by atoms with Crippen LogP contribution in [0.3, 0.4) is 0 Å². The number of ether oxygens (including phenoxy) is 1. The van der Waals surface area contributed by atoms with Gasteiger partial charge in [0.25, 0.3) is 0 Å². The first-order valence-electron chi connectivity index (χ1n) is 5.23. The average Bonchev–Trinajstić information content (AvgIpc) is 2.51. The van der Waals surface area contributed by atoms with Gasteiger partial charge in [-0.2, -0.15) is 0 Å². The summed E-state index contributed by atoms with van der Waals surface area (Å²) >= 11 is 0. The predicted molar refractivity (Wildman–Crippen MR) is 65.0 cm³/mol. The largest absolute Gasteiger partial charge is 0.495 e. The third-order valence-corrected chi connectivity index (χ3v) is 10.5. The van der Waals surface area contributed by atoms with Crippen LogP contribution in [0.5, 0.6) is 0 Å². The molecule has 0 aromatic rings. The first-order valence-corrected chi connectivity index (χ1v) is 8.23. The van der Waals surface area contributed by atoms with Crippen LogP contribution in [0, 0.1) is 0 Å². The highest BCUT2D eigenvalue weighted by Gasteiger charge is 2.53. The van der Waals surface area contributed by atoms with E-state index in [1.54, 1.807) is 0 Å². The zero-order valence-electron chi connectivity index (χ0n) is 10.1. The van der Waals surface area contributed by atoms with Crippen molar-refractivity contribution in [1.29, 1.82) is 0 Å². The van der Waals surface area contributed by atoms with E-state index in [1.165, 1.54) is 0 Å². The van der Waals surface area contributed by atoms with E-state index in [0.29, 0.717) is 5.04 Å². The summed E-state index contributed by atoms with van der Waals surface area (Å²) in [5.74, 6) is 0. The summed E-state index contributed by atoms with van der Waals surface area (Å²) in [5.41, 5.74) is 0. The number of rotatable bonds is 2. The molecule has 0 aliphatic carbocycles. The molecule has 0 radical (unpaired) electrons. The van der Waals surface area contributed by atoms with Crippen molar-refractivity contribution in [3.63, 3.8) is 0 Å². The molecule has 80 valence electrons. The Hall–Kier alpha value is -0.503. The van der Waals surface area contributed by atoms with Gasteiger partial charge < -0.3 is 4.74 Å². The maximum atomic E-state index is 5.84. The quantitative estimate of drug-likeness (QED) is 0.496. The topological polar surface area (TPSA) is 9.23 Å². The second kappa shape index (κ2) is 3.26. The molecule has 1 nitrogen and oxygen atoms in total. The summed E-state index contributed by atoms with van der Waals surface area (Å²) in [5, 5.41) is 0.235. The van der Waals surface area contributed by atoms with Gasteiger partial charge in [0.2, 0.25) is 0 Å². The fourth-order valence-corrected chi connectivity index (χ4v) is 4.64. The molecule has 0 saturated carbocycles. The first-order chi connectivity index (χ1) is 6.27. The first kappa shape index (κ1) is 11.6. The molecule has 0 N–H and O–H groups in total. The summed E-state index contributed by atoms with van der Waals surface area (Å²) in [4.78, 5) is 0. The van der Waals surface area contributed by atoms with Gasteiger partial charge in [0.05, 0.1) is 6.26 Å². The molecule has 0 amide bonds. The van der Waals surface area contributed by atoms with Crippen LogP contribution in [0.4, 0.5) is 0 Å². The van der Waals surface area contributed by atoms with Crippen LogP contribution in [0.2, 0.25) is 18.1 Å². The molecule has 0 aromatic carbocycles. The van der Waals surface area contributed by atoms with Crippen LogP contribution < -0.4 is 0 Å². The molecule has 0 saturated heterocycles. The molecule has 0 spiro atoms. The maximum Gasteiger partial charge on any atom is 0.116 e. The number of hydrogen-bond acceptors (Lipinski definition) is 1. The van der Waals surface area contributed by atoms with Gasteiger partial charge in [-0.15, -0.1) is 0 Å². The Kier molecular flexibility index (Phi) is 2.70. The Morgan fingerprint density at radius 2 is 2.00 bits per heavy atom. The summed E-state index contributed by atoms with van der Waals surface area (Å²) in [6, 6.07) is 0. The molecule has 1 rings (SSSR count).